The van der Waals surface area contributed by atoms with Crippen LogP contribution < -0.4 is 11.4 Å². The van der Waals surface area contributed by atoms with Crippen molar-refractivity contribution in [2.24, 2.45) is 0 Å². The van der Waals surface area contributed by atoms with E-state index >= 15 is 8.78 Å². The number of halogens is 4. The van der Waals surface area contributed by atoms with Gasteiger partial charge in [-0.2, -0.15) is 4.98 Å². The van der Waals surface area contributed by atoms with Crippen LogP contribution in [-0.2, 0) is 9.47 Å². The van der Waals surface area contributed by atoms with Gasteiger partial charge in [-0.15, -0.1) is 0 Å². The molecular weight excluding hydrogens is 490 g/mol. The second kappa shape index (κ2) is 9.41. The largest absolute Gasteiger partial charge is 0.478 e. The van der Waals surface area contributed by atoms with E-state index in [9.17, 15) is 28.3 Å². The van der Waals surface area contributed by atoms with Gasteiger partial charge in [-0.05, 0) is 36.4 Å². The van der Waals surface area contributed by atoms with Crippen molar-refractivity contribution in [3.05, 3.63) is 93.5 Å². The number of rotatable bonds is 6. The normalized spacial score (nSPS) is 20.7. The number of benzene rings is 2. The van der Waals surface area contributed by atoms with Gasteiger partial charge in [0, 0.05) is 11.8 Å². The highest BCUT2D eigenvalue weighted by Crippen LogP contribution is 2.53. The number of nitrogens with zero attached hydrogens (tertiary/aromatic N) is 2. The van der Waals surface area contributed by atoms with E-state index < -0.39 is 71.2 Å². The lowest BCUT2D eigenvalue weighted by atomic mass is 9.85. The van der Waals surface area contributed by atoms with Gasteiger partial charge in [0.05, 0.1) is 17.0 Å². The molecule has 3 atom stereocenters. The molecule has 2 aromatic carbocycles. The van der Waals surface area contributed by atoms with Gasteiger partial charge >= 0.3 is 23.6 Å². The van der Waals surface area contributed by atoms with Gasteiger partial charge in [0.1, 0.15) is 30.2 Å². The van der Waals surface area contributed by atoms with Crippen LogP contribution in [0.2, 0.25) is 0 Å². The summed E-state index contributed by atoms with van der Waals surface area (Å²) in [4.78, 5) is 39.7. The van der Waals surface area contributed by atoms with Crippen molar-refractivity contribution in [1.82, 2.24) is 9.55 Å². The van der Waals surface area contributed by atoms with E-state index in [1.165, 1.54) is 12.1 Å². The molecule has 1 aliphatic rings. The Morgan fingerprint density at radius 2 is 1.89 bits per heavy atom. The van der Waals surface area contributed by atoms with Crippen molar-refractivity contribution in [2.45, 2.75) is 24.2 Å². The van der Waals surface area contributed by atoms with E-state index in [0.29, 0.717) is 4.57 Å². The first kappa shape index (κ1) is 24.9. The van der Waals surface area contributed by atoms with Gasteiger partial charge in [0.15, 0.2) is 0 Å². The summed E-state index contributed by atoms with van der Waals surface area (Å²) in [6.45, 7) is -0.906. The van der Waals surface area contributed by atoms with Gasteiger partial charge in [0.25, 0.3) is 0 Å². The highest BCUT2D eigenvalue weighted by Gasteiger charge is 2.62. The molecule has 0 aliphatic carbocycles. The third-order valence-corrected chi connectivity index (χ3v) is 5.56. The zero-order valence-electron chi connectivity index (χ0n) is 18.1. The standard InChI is InChI=1S/C23H17F4N3O6/c24-12-4-1-3-11(9-12)20(33)35-10-15-18(17-13(19(31)32)5-2-6-14(17)25)23(26,27)21(36-15)30-8-7-16(28)29-22(30)34/h1-9,15,18,21H,10H2,(H,31,32)(H2,28,29,34)/t15-,18-,21+/m0/s1. The minimum Gasteiger partial charge on any atom is -0.478 e. The third kappa shape index (κ3) is 4.52. The van der Waals surface area contributed by atoms with Crippen LogP contribution in [0.1, 0.15) is 38.4 Å². The van der Waals surface area contributed by atoms with E-state index in [0.717, 1.165) is 42.6 Å². The number of nitrogen functional groups attached to an aromatic ring is 1. The van der Waals surface area contributed by atoms with E-state index in [-0.39, 0.29) is 11.4 Å². The molecule has 0 unspecified atom stereocenters. The summed E-state index contributed by atoms with van der Waals surface area (Å²) in [5, 5.41) is 9.50. The maximum absolute atomic E-state index is 15.8. The molecule has 36 heavy (non-hydrogen) atoms. The second-order valence-corrected chi connectivity index (χ2v) is 7.84. The zero-order chi connectivity index (χ0) is 26.2. The number of esters is 1. The fourth-order valence-corrected chi connectivity index (χ4v) is 4.00. The molecule has 4 rings (SSSR count). The summed E-state index contributed by atoms with van der Waals surface area (Å²) >= 11 is 0. The molecule has 1 aliphatic heterocycles. The first-order chi connectivity index (χ1) is 17.0. The number of carboxylic acids is 1. The van der Waals surface area contributed by atoms with Gasteiger partial charge in [0.2, 0.25) is 6.23 Å². The lowest BCUT2D eigenvalue weighted by molar-refractivity contribution is -0.123. The first-order valence-electron chi connectivity index (χ1n) is 10.3. The Morgan fingerprint density at radius 3 is 2.56 bits per heavy atom. The van der Waals surface area contributed by atoms with Crippen LogP contribution in [-0.4, -0.2) is 45.2 Å². The predicted molar refractivity (Wildman–Crippen MR) is 115 cm³/mol. The first-order valence-corrected chi connectivity index (χ1v) is 10.3. The van der Waals surface area contributed by atoms with Crippen LogP contribution in [0, 0.1) is 11.6 Å². The number of aromatic nitrogens is 2. The average Bonchev–Trinajstić information content (AvgIpc) is 3.07. The number of nitrogens with two attached hydrogens (primary N) is 1. The fourth-order valence-electron chi connectivity index (χ4n) is 4.00. The number of carboxylic acid groups (broad SMARTS) is 1. The molecule has 0 bridgehead atoms. The fraction of sp³-hybridized carbons (Fsp3) is 0.217. The number of alkyl halides is 2. The van der Waals surface area contributed by atoms with Crippen LogP contribution in [0.25, 0.3) is 0 Å². The molecule has 9 nitrogen and oxygen atoms in total. The molecule has 2 heterocycles. The number of hydrogen-bond acceptors (Lipinski definition) is 7. The second-order valence-electron chi connectivity index (χ2n) is 7.84. The van der Waals surface area contributed by atoms with E-state index in [1.807, 2.05) is 0 Å². The Morgan fingerprint density at radius 1 is 1.17 bits per heavy atom. The minimum atomic E-state index is -4.09. The molecule has 0 radical (unpaired) electrons. The summed E-state index contributed by atoms with van der Waals surface area (Å²) in [5.41, 5.74) is 2.30. The molecule has 1 fully saturated rings. The van der Waals surface area contributed by atoms with Crippen LogP contribution in [0.5, 0.6) is 0 Å². The van der Waals surface area contributed by atoms with Crippen LogP contribution in [0.15, 0.2) is 59.5 Å². The monoisotopic (exact) mass is 507 g/mol. The molecule has 188 valence electrons. The predicted octanol–water partition coefficient (Wildman–Crippen LogP) is 2.98. The molecule has 3 aromatic rings. The van der Waals surface area contributed by atoms with Crippen molar-refractivity contribution in [1.29, 1.82) is 0 Å². The number of carbonyl (C=O) groups excluding carboxylic acids is 1. The van der Waals surface area contributed by atoms with E-state index in [1.54, 1.807) is 0 Å². The maximum atomic E-state index is 15.8. The summed E-state index contributed by atoms with van der Waals surface area (Å²) in [5.74, 6) is -11.5. The quantitative estimate of drug-likeness (QED) is 0.384. The van der Waals surface area contributed by atoms with Crippen molar-refractivity contribution in [2.75, 3.05) is 12.3 Å². The summed E-state index contributed by atoms with van der Waals surface area (Å²) in [7, 11) is 0. The topological polar surface area (TPSA) is 134 Å². The van der Waals surface area contributed by atoms with Crippen molar-refractivity contribution in [3.8, 4) is 0 Å². The molecule has 13 heteroatoms. The van der Waals surface area contributed by atoms with Crippen LogP contribution >= 0.6 is 0 Å². The highest BCUT2D eigenvalue weighted by molar-refractivity contribution is 5.90. The van der Waals surface area contributed by atoms with E-state index in [2.05, 4.69) is 4.98 Å². The smallest absolute Gasteiger partial charge is 0.351 e. The Labute approximate surface area is 199 Å². The van der Waals surface area contributed by atoms with Crippen molar-refractivity contribution >= 4 is 17.8 Å². The summed E-state index contributed by atoms with van der Waals surface area (Å²) in [6.07, 6.45) is -3.30. The molecular formula is C23H17F4N3O6. The SMILES string of the molecule is Nc1ccn([C@@H]2O[C@@H](COC(=O)c3cccc(F)c3)[C@@H](c3c(F)cccc3C(=O)O)C2(F)F)c(=O)n1. The number of aromatic carboxylic acids is 1. The molecule has 0 amide bonds. The van der Waals surface area contributed by atoms with Crippen molar-refractivity contribution in [3.63, 3.8) is 0 Å². The maximum Gasteiger partial charge on any atom is 0.351 e. The Hall–Kier alpha value is -4.26. The molecule has 1 saturated heterocycles. The summed E-state index contributed by atoms with van der Waals surface area (Å²) < 4.78 is 70.7. The Kier molecular flexibility index (Phi) is 6.50. The lowest BCUT2D eigenvalue weighted by Gasteiger charge is -2.26. The van der Waals surface area contributed by atoms with Gasteiger partial charge in [-0.25, -0.2) is 31.9 Å². The highest BCUT2D eigenvalue weighted by atomic mass is 19.3. The zero-order valence-corrected chi connectivity index (χ0v) is 18.1. The Bertz CT molecular complexity index is 1400. The molecule has 0 saturated carbocycles. The molecule has 3 N–H and O–H groups in total. The number of anilines is 1. The van der Waals surface area contributed by atoms with Gasteiger partial charge in [-0.3, -0.25) is 4.57 Å². The number of carbonyl (C=O) groups is 2. The van der Waals surface area contributed by atoms with Crippen LogP contribution in [0.3, 0.4) is 0 Å². The van der Waals surface area contributed by atoms with Crippen LogP contribution in [0.4, 0.5) is 23.4 Å². The van der Waals surface area contributed by atoms with Gasteiger partial charge < -0.3 is 20.3 Å². The van der Waals surface area contributed by atoms with Gasteiger partial charge in [-0.1, -0.05) is 12.1 Å². The third-order valence-electron chi connectivity index (χ3n) is 5.56. The average molecular weight is 507 g/mol. The molecule has 1 aromatic heterocycles. The number of ether oxygens (including phenoxy) is 2. The lowest BCUT2D eigenvalue weighted by Crippen LogP contribution is -2.38. The van der Waals surface area contributed by atoms with Crippen molar-refractivity contribution < 1.29 is 41.7 Å². The molecule has 0 spiro atoms. The number of hydrogen-bond donors (Lipinski definition) is 2. The summed E-state index contributed by atoms with van der Waals surface area (Å²) in [6, 6.07) is 8.17. The minimum absolute atomic E-state index is 0.232. The Balaban J connectivity index is 1.77. The van der Waals surface area contributed by atoms with E-state index in [4.69, 9.17) is 15.2 Å².